The quantitative estimate of drug-likeness (QED) is 0.764. The fraction of sp³-hybridized carbons (Fsp3) is 0.263. The van der Waals surface area contributed by atoms with Gasteiger partial charge in [-0.2, -0.15) is 13.2 Å². The molecule has 1 N–H and O–H groups in total. The number of benzene rings is 2. The highest BCUT2D eigenvalue weighted by atomic mass is 35.5. The molecule has 27 heavy (non-hydrogen) atoms. The molecule has 0 saturated heterocycles. The van der Waals surface area contributed by atoms with Crippen LogP contribution in [0.3, 0.4) is 0 Å². The van der Waals surface area contributed by atoms with Gasteiger partial charge in [-0.1, -0.05) is 41.9 Å². The number of nitrogens with zero attached hydrogens (tertiary/aromatic N) is 1. The SMILES string of the molecule is CC(=O)N(CCC(=O)Nc1ccc(Cl)c(C(F)(F)F)c1)Cc1ccccc1. The minimum Gasteiger partial charge on any atom is -0.338 e. The molecular weight excluding hydrogens is 381 g/mol. The zero-order valence-corrected chi connectivity index (χ0v) is 15.3. The van der Waals surface area contributed by atoms with Gasteiger partial charge in [-0.25, -0.2) is 0 Å². The van der Waals surface area contributed by atoms with Crippen molar-refractivity contribution in [1.29, 1.82) is 0 Å². The third kappa shape index (κ3) is 6.29. The molecule has 0 atom stereocenters. The number of carbonyl (C=O) groups excluding carboxylic acids is 2. The standard InChI is InChI=1S/C19H18ClF3N2O2/c1-13(26)25(12-14-5-3-2-4-6-14)10-9-18(27)24-15-7-8-17(20)16(11-15)19(21,22)23/h2-8,11H,9-10,12H2,1H3,(H,24,27). The van der Waals surface area contributed by atoms with E-state index in [0.29, 0.717) is 6.54 Å². The summed E-state index contributed by atoms with van der Waals surface area (Å²) >= 11 is 5.56. The van der Waals surface area contributed by atoms with E-state index in [0.717, 1.165) is 17.7 Å². The molecule has 0 aliphatic rings. The predicted molar refractivity (Wildman–Crippen MR) is 97.2 cm³/mol. The van der Waals surface area contributed by atoms with Crippen LogP contribution in [-0.4, -0.2) is 23.3 Å². The third-order valence-electron chi connectivity index (χ3n) is 3.83. The van der Waals surface area contributed by atoms with Crippen molar-refractivity contribution in [2.24, 2.45) is 0 Å². The second kappa shape index (κ2) is 8.90. The van der Waals surface area contributed by atoms with E-state index >= 15 is 0 Å². The van der Waals surface area contributed by atoms with Crippen molar-refractivity contribution in [2.45, 2.75) is 26.1 Å². The van der Waals surface area contributed by atoms with E-state index in [1.165, 1.54) is 17.9 Å². The molecule has 2 amide bonds. The minimum absolute atomic E-state index is 0.00541. The van der Waals surface area contributed by atoms with E-state index in [1.807, 2.05) is 30.3 Å². The highest BCUT2D eigenvalue weighted by molar-refractivity contribution is 6.31. The Hall–Kier alpha value is -2.54. The normalized spacial score (nSPS) is 11.1. The molecule has 8 heteroatoms. The van der Waals surface area contributed by atoms with Gasteiger partial charge in [-0.05, 0) is 23.8 Å². The molecular formula is C19H18ClF3N2O2. The van der Waals surface area contributed by atoms with Crippen molar-refractivity contribution in [3.8, 4) is 0 Å². The van der Waals surface area contributed by atoms with Crippen LogP contribution in [-0.2, 0) is 22.3 Å². The number of carbonyl (C=O) groups is 2. The second-order valence-electron chi connectivity index (χ2n) is 5.92. The van der Waals surface area contributed by atoms with Crippen LogP contribution in [0.2, 0.25) is 5.02 Å². The lowest BCUT2D eigenvalue weighted by atomic mass is 10.2. The molecule has 0 aliphatic heterocycles. The fourth-order valence-corrected chi connectivity index (χ4v) is 2.66. The summed E-state index contributed by atoms with van der Waals surface area (Å²) in [5.41, 5.74) is -0.105. The monoisotopic (exact) mass is 398 g/mol. The van der Waals surface area contributed by atoms with Gasteiger partial charge in [0.05, 0.1) is 10.6 Å². The first kappa shape index (κ1) is 20.8. The van der Waals surface area contributed by atoms with Gasteiger partial charge < -0.3 is 10.2 Å². The number of hydrogen-bond acceptors (Lipinski definition) is 2. The van der Waals surface area contributed by atoms with Gasteiger partial charge in [-0.15, -0.1) is 0 Å². The molecule has 0 aliphatic carbocycles. The predicted octanol–water partition coefficient (Wildman–Crippen LogP) is 4.74. The van der Waals surface area contributed by atoms with Crippen LogP contribution in [0.1, 0.15) is 24.5 Å². The van der Waals surface area contributed by atoms with Crippen molar-refractivity contribution in [1.82, 2.24) is 4.90 Å². The van der Waals surface area contributed by atoms with Crippen molar-refractivity contribution in [3.63, 3.8) is 0 Å². The van der Waals surface area contributed by atoms with Gasteiger partial charge in [0.1, 0.15) is 0 Å². The zero-order chi connectivity index (χ0) is 20.0. The minimum atomic E-state index is -4.61. The third-order valence-corrected chi connectivity index (χ3v) is 4.16. The molecule has 0 saturated carbocycles. The van der Waals surface area contributed by atoms with Crippen molar-refractivity contribution >= 4 is 29.1 Å². The van der Waals surface area contributed by atoms with E-state index < -0.39 is 22.7 Å². The molecule has 144 valence electrons. The first-order valence-electron chi connectivity index (χ1n) is 8.13. The van der Waals surface area contributed by atoms with Gasteiger partial charge in [0.2, 0.25) is 11.8 Å². The number of amides is 2. The number of nitrogens with one attached hydrogen (secondary N) is 1. The lowest BCUT2D eigenvalue weighted by molar-refractivity contribution is -0.137. The molecule has 2 aromatic rings. The Morgan fingerprint density at radius 3 is 2.37 bits per heavy atom. The molecule has 0 unspecified atom stereocenters. The van der Waals surface area contributed by atoms with E-state index in [4.69, 9.17) is 11.6 Å². The molecule has 0 spiro atoms. The molecule has 4 nitrogen and oxygen atoms in total. The zero-order valence-electron chi connectivity index (χ0n) is 14.5. The summed E-state index contributed by atoms with van der Waals surface area (Å²) in [6.45, 7) is 1.90. The Kier molecular flexibility index (Phi) is 6.85. The molecule has 2 rings (SSSR count). The Labute approximate surface area is 159 Å². The molecule has 2 aromatic carbocycles. The van der Waals surface area contributed by atoms with Crippen LogP contribution in [0.15, 0.2) is 48.5 Å². The van der Waals surface area contributed by atoms with Crippen molar-refractivity contribution < 1.29 is 22.8 Å². The lowest BCUT2D eigenvalue weighted by Crippen LogP contribution is -2.31. The maximum absolute atomic E-state index is 12.9. The number of halogens is 4. The molecule has 0 bridgehead atoms. The molecule has 0 radical (unpaired) electrons. The Morgan fingerprint density at radius 1 is 1.11 bits per heavy atom. The second-order valence-corrected chi connectivity index (χ2v) is 6.32. The van der Waals surface area contributed by atoms with E-state index in [-0.39, 0.29) is 24.6 Å². The Morgan fingerprint density at radius 2 is 1.78 bits per heavy atom. The van der Waals surface area contributed by atoms with Crippen LogP contribution in [0.5, 0.6) is 0 Å². The van der Waals surface area contributed by atoms with Crippen LogP contribution in [0.4, 0.5) is 18.9 Å². The topological polar surface area (TPSA) is 49.4 Å². The highest BCUT2D eigenvalue weighted by Crippen LogP contribution is 2.36. The smallest absolute Gasteiger partial charge is 0.338 e. The maximum atomic E-state index is 12.9. The number of alkyl halides is 3. The number of hydrogen-bond donors (Lipinski definition) is 1. The average Bonchev–Trinajstić information content (AvgIpc) is 2.60. The Balaban J connectivity index is 1.97. The Bertz CT molecular complexity index is 810. The van der Waals surface area contributed by atoms with Crippen LogP contribution < -0.4 is 5.32 Å². The van der Waals surface area contributed by atoms with Crippen molar-refractivity contribution in [2.75, 3.05) is 11.9 Å². The van der Waals surface area contributed by atoms with E-state index in [1.54, 1.807) is 0 Å². The van der Waals surface area contributed by atoms with Gasteiger partial charge in [-0.3, -0.25) is 9.59 Å². The average molecular weight is 399 g/mol. The fourth-order valence-electron chi connectivity index (χ4n) is 2.43. The van der Waals surface area contributed by atoms with Gasteiger partial charge in [0.25, 0.3) is 0 Å². The van der Waals surface area contributed by atoms with Crippen LogP contribution >= 0.6 is 11.6 Å². The summed E-state index contributed by atoms with van der Waals surface area (Å²) in [7, 11) is 0. The summed E-state index contributed by atoms with van der Waals surface area (Å²) in [5, 5.41) is 1.97. The number of rotatable bonds is 6. The summed E-state index contributed by atoms with van der Waals surface area (Å²) in [6.07, 6.45) is -4.66. The summed E-state index contributed by atoms with van der Waals surface area (Å²) < 4.78 is 38.6. The molecule has 0 aromatic heterocycles. The van der Waals surface area contributed by atoms with Crippen LogP contribution in [0.25, 0.3) is 0 Å². The van der Waals surface area contributed by atoms with E-state index in [9.17, 15) is 22.8 Å². The molecule has 0 heterocycles. The largest absolute Gasteiger partial charge is 0.417 e. The van der Waals surface area contributed by atoms with Gasteiger partial charge in [0.15, 0.2) is 0 Å². The first-order valence-corrected chi connectivity index (χ1v) is 8.50. The first-order chi connectivity index (χ1) is 12.7. The number of anilines is 1. The van der Waals surface area contributed by atoms with Gasteiger partial charge >= 0.3 is 6.18 Å². The molecule has 0 fully saturated rings. The summed E-state index contributed by atoms with van der Waals surface area (Å²) in [6, 6.07) is 12.4. The maximum Gasteiger partial charge on any atom is 0.417 e. The lowest BCUT2D eigenvalue weighted by Gasteiger charge is -2.21. The summed E-state index contributed by atoms with van der Waals surface area (Å²) in [5.74, 6) is -0.692. The van der Waals surface area contributed by atoms with Gasteiger partial charge in [0, 0.05) is 32.1 Å². The van der Waals surface area contributed by atoms with E-state index in [2.05, 4.69) is 5.32 Å². The van der Waals surface area contributed by atoms with Crippen LogP contribution in [0, 0.1) is 0 Å². The summed E-state index contributed by atoms with van der Waals surface area (Å²) in [4.78, 5) is 25.3. The van der Waals surface area contributed by atoms with Crippen molar-refractivity contribution in [3.05, 3.63) is 64.7 Å². The highest BCUT2D eigenvalue weighted by Gasteiger charge is 2.33.